The van der Waals surface area contributed by atoms with E-state index in [2.05, 4.69) is 25.9 Å². The largest absolute Gasteiger partial charge is 0.469 e. The molecule has 0 radical (unpaired) electrons. The number of aromatic nitrogens is 3. The summed E-state index contributed by atoms with van der Waals surface area (Å²) in [4.78, 5) is 20.3. The van der Waals surface area contributed by atoms with E-state index < -0.39 is 11.4 Å². The van der Waals surface area contributed by atoms with Crippen molar-refractivity contribution in [3.63, 3.8) is 0 Å². The van der Waals surface area contributed by atoms with Gasteiger partial charge in [0.05, 0.1) is 19.2 Å². The molecule has 124 valence electrons. The Balaban J connectivity index is 2.15. The lowest BCUT2D eigenvalue weighted by Crippen LogP contribution is -2.31. The van der Waals surface area contributed by atoms with Gasteiger partial charge in [0.1, 0.15) is 15.9 Å². The molecule has 2 aromatic heterocycles. The van der Waals surface area contributed by atoms with Crippen molar-refractivity contribution >= 4 is 33.2 Å². The third kappa shape index (κ3) is 2.31. The zero-order valence-corrected chi connectivity index (χ0v) is 14.7. The topological polar surface area (TPSA) is 82.5 Å². The molecule has 1 aliphatic rings. The summed E-state index contributed by atoms with van der Waals surface area (Å²) in [5, 5.41) is 0. The maximum Gasteiger partial charge on any atom is 0.309 e. The zero-order chi connectivity index (χ0) is 16.9. The number of fused-ring (bicyclic) bond motifs is 1. The van der Waals surface area contributed by atoms with Crippen molar-refractivity contribution in [2.24, 2.45) is 11.3 Å². The molecule has 0 bridgehead atoms. The van der Waals surface area contributed by atoms with Gasteiger partial charge >= 0.3 is 5.97 Å². The first-order valence-electron chi connectivity index (χ1n) is 7.34. The average molecular weight is 385 g/mol. The number of hydrogen-bond acceptors (Lipinski definition) is 5. The van der Waals surface area contributed by atoms with Gasteiger partial charge in [0, 0.05) is 5.92 Å². The fraction of sp³-hybridized carbons (Fsp3) is 0.533. The lowest BCUT2D eigenvalue weighted by Gasteiger charge is -2.30. The predicted molar refractivity (Wildman–Crippen MR) is 86.3 cm³/mol. The molecule has 1 aliphatic carbocycles. The van der Waals surface area contributed by atoms with Gasteiger partial charge in [-0.3, -0.25) is 9.20 Å². The molecule has 1 saturated carbocycles. The van der Waals surface area contributed by atoms with Gasteiger partial charge < -0.3 is 10.5 Å². The Morgan fingerprint density at radius 1 is 1.52 bits per heavy atom. The zero-order valence-electron chi connectivity index (χ0n) is 13.1. The minimum absolute atomic E-state index is 0.0956. The van der Waals surface area contributed by atoms with Crippen LogP contribution in [0.5, 0.6) is 0 Å². The molecule has 0 aliphatic heterocycles. The number of halogens is 2. The number of nitrogen functional groups attached to an aromatic ring is 1. The van der Waals surface area contributed by atoms with E-state index in [9.17, 15) is 9.18 Å². The summed E-state index contributed by atoms with van der Waals surface area (Å²) >= 11 is 3.33. The van der Waals surface area contributed by atoms with Crippen molar-refractivity contribution in [1.29, 1.82) is 0 Å². The summed E-state index contributed by atoms with van der Waals surface area (Å²) in [5.41, 5.74) is 5.87. The summed E-state index contributed by atoms with van der Waals surface area (Å²) < 4.78 is 21.1. The first-order valence-corrected chi connectivity index (χ1v) is 8.14. The van der Waals surface area contributed by atoms with E-state index >= 15 is 0 Å². The molecule has 1 fully saturated rings. The summed E-state index contributed by atoms with van der Waals surface area (Å²) in [5.74, 6) is -0.349. The minimum Gasteiger partial charge on any atom is -0.469 e. The number of rotatable bonds is 2. The van der Waals surface area contributed by atoms with Gasteiger partial charge in [0.15, 0.2) is 5.82 Å². The van der Waals surface area contributed by atoms with Gasteiger partial charge in [-0.15, -0.1) is 0 Å². The number of hydrogen-bond donors (Lipinski definition) is 1. The normalized spacial score (nSPS) is 23.3. The van der Waals surface area contributed by atoms with Crippen LogP contribution >= 0.6 is 15.9 Å². The van der Waals surface area contributed by atoms with E-state index in [0.29, 0.717) is 22.4 Å². The van der Waals surface area contributed by atoms with Crippen LogP contribution in [0.15, 0.2) is 10.8 Å². The number of esters is 1. The van der Waals surface area contributed by atoms with Crippen molar-refractivity contribution in [1.82, 2.24) is 14.4 Å². The maximum atomic E-state index is 14.4. The minimum atomic E-state index is -0.528. The SMILES string of the molecule is COC(=O)[C@H]1CC[C@@H](c2nc(Br)c3c(N)ncc(F)n23)C1(C)C. The molecule has 2 heterocycles. The number of nitrogens with zero attached hydrogens (tertiary/aromatic N) is 3. The standard InChI is InChI=1S/C15H18BrFN4O2/c1-15(2)7(4-5-8(15)14(22)23-3)13-20-11(16)10-12(18)19-6-9(17)21(10)13/h6-8H,4-5H2,1-3H3,(H2,18,19)/t7-,8+/m0/s1. The summed E-state index contributed by atoms with van der Waals surface area (Å²) in [6, 6.07) is 0. The van der Waals surface area contributed by atoms with E-state index in [0.717, 1.165) is 12.6 Å². The maximum absolute atomic E-state index is 14.4. The molecule has 2 N–H and O–H groups in total. The highest BCUT2D eigenvalue weighted by Gasteiger charge is 2.49. The van der Waals surface area contributed by atoms with E-state index in [-0.39, 0.29) is 23.6 Å². The van der Waals surface area contributed by atoms with Crippen LogP contribution in [0.25, 0.3) is 5.52 Å². The number of carbonyl (C=O) groups is 1. The average Bonchev–Trinajstić information content (AvgIpc) is 2.99. The quantitative estimate of drug-likeness (QED) is 0.804. The van der Waals surface area contributed by atoms with Crippen LogP contribution in [0, 0.1) is 17.3 Å². The molecule has 3 rings (SSSR count). The molecule has 2 aromatic rings. The molecule has 0 amide bonds. The first-order chi connectivity index (χ1) is 10.8. The second kappa shape index (κ2) is 5.43. The third-order valence-corrected chi connectivity index (χ3v) is 5.52. The number of carbonyl (C=O) groups excluding carboxylic acids is 1. The fourth-order valence-electron chi connectivity index (χ4n) is 3.67. The molecule has 6 nitrogen and oxygen atoms in total. The highest BCUT2D eigenvalue weighted by atomic mass is 79.9. The van der Waals surface area contributed by atoms with Gasteiger partial charge in [-0.25, -0.2) is 9.97 Å². The van der Waals surface area contributed by atoms with Crippen LogP contribution < -0.4 is 5.73 Å². The predicted octanol–water partition coefficient (Wildman–Crippen LogP) is 2.91. The number of imidazole rings is 1. The molecule has 0 saturated heterocycles. The van der Waals surface area contributed by atoms with Gasteiger partial charge in [0.25, 0.3) is 0 Å². The second-order valence-electron chi connectivity index (χ2n) is 6.44. The summed E-state index contributed by atoms with van der Waals surface area (Å²) in [6.07, 6.45) is 2.48. The fourth-order valence-corrected chi connectivity index (χ4v) is 4.23. The van der Waals surface area contributed by atoms with Crippen molar-refractivity contribution in [3.8, 4) is 0 Å². The smallest absolute Gasteiger partial charge is 0.309 e. The van der Waals surface area contributed by atoms with E-state index in [1.807, 2.05) is 13.8 Å². The highest BCUT2D eigenvalue weighted by Crippen LogP contribution is 2.53. The Kier molecular flexibility index (Phi) is 3.82. The van der Waals surface area contributed by atoms with Gasteiger partial charge in [-0.1, -0.05) is 13.8 Å². The molecular formula is C15H18BrFN4O2. The second-order valence-corrected chi connectivity index (χ2v) is 7.19. The Labute approximate surface area is 141 Å². The Morgan fingerprint density at radius 2 is 2.22 bits per heavy atom. The van der Waals surface area contributed by atoms with E-state index in [1.165, 1.54) is 11.5 Å². The Morgan fingerprint density at radius 3 is 2.87 bits per heavy atom. The van der Waals surface area contributed by atoms with Crippen molar-refractivity contribution in [2.75, 3.05) is 12.8 Å². The Hall–Kier alpha value is -1.70. The summed E-state index contributed by atoms with van der Waals surface area (Å²) in [7, 11) is 1.39. The third-order valence-electron chi connectivity index (χ3n) is 4.96. The lowest BCUT2D eigenvalue weighted by atomic mass is 9.75. The monoisotopic (exact) mass is 384 g/mol. The molecule has 0 unspecified atom stereocenters. The summed E-state index contributed by atoms with van der Waals surface area (Å²) in [6.45, 7) is 3.98. The highest BCUT2D eigenvalue weighted by molar-refractivity contribution is 9.10. The number of ether oxygens (including phenoxy) is 1. The number of methoxy groups -OCH3 is 1. The molecule has 0 spiro atoms. The van der Waals surface area contributed by atoms with Gasteiger partial charge in [-0.2, -0.15) is 4.39 Å². The molecular weight excluding hydrogens is 367 g/mol. The molecule has 8 heteroatoms. The molecule has 0 aromatic carbocycles. The first kappa shape index (κ1) is 16.2. The van der Waals surface area contributed by atoms with Crippen LogP contribution in [0.2, 0.25) is 0 Å². The van der Waals surface area contributed by atoms with Crippen LogP contribution in [0.4, 0.5) is 10.2 Å². The van der Waals surface area contributed by atoms with Gasteiger partial charge in [0.2, 0.25) is 5.95 Å². The van der Waals surface area contributed by atoms with E-state index in [4.69, 9.17) is 10.5 Å². The number of nitrogens with two attached hydrogens (primary N) is 1. The van der Waals surface area contributed by atoms with Crippen LogP contribution in [-0.2, 0) is 9.53 Å². The van der Waals surface area contributed by atoms with Crippen molar-refractivity contribution in [2.45, 2.75) is 32.6 Å². The lowest BCUT2D eigenvalue weighted by molar-refractivity contribution is -0.148. The Bertz CT molecular complexity index is 789. The van der Waals surface area contributed by atoms with Crippen LogP contribution in [-0.4, -0.2) is 27.4 Å². The van der Waals surface area contributed by atoms with Crippen LogP contribution in [0.3, 0.4) is 0 Å². The van der Waals surface area contributed by atoms with E-state index in [1.54, 1.807) is 0 Å². The number of anilines is 1. The van der Waals surface area contributed by atoms with Gasteiger partial charge in [-0.05, 0) is 34.2 Å². The molecule has 2 atom stereocenters. The van der Waals surface area contributed by atoms with Crippen molar-refractivity contribution < 1.29 is 13.9 Å². The van der Waals surface area contributed by atoms with Crippen molar-refractivity contribution in [3.05, 3.63) is 22.6 Å². The molecule has 23 heavy (non-hydrogen) atoms. The van der Waals surface area contributed by atoms with Crippen LogP contribution in [0.1, 0.15) is 38.4 Å².